The number of nitrogens with one attached hydrogen (secondary N) is 1. The van der Waals surface area contributed by atoms with Crippen LogP contribution in [-0.4, -0.2) is 44.4 Å². The van der Waals surface area contributed by atoms with E-state index in [1.54, 1.807) is 25.1 Å². The molecule has 1 aromatic carbocycles. The molecule has 1 saturated heterocycles. The predicted octanol–water partition coefficient (Wildman–Crippen LogP) is 3.20. The van der Waals surface area contributed by atoms with Crippen LogP contribution in [0.25, 0.3) is 6.08 Å². The molecule has 0 saturated carbocycles. The van der Waals surface area contributed by atoms with Gasteiger partial charge in [0.2, 0.25) is 0 Å². The van der Waals surface area contributed by atoms with Gasteiger partial charge in [0.05, 0.1) is 6.54 Å². The second-order valence-corrected chi connectivity index (χ2v) is 6.73. The van der Waals surface area contributed by atoms with Gasteiger partial charge >= 0.3 is 0 Å². The Morgan fingerprint density at radius 3 is 2.84 bits per heavy atom. The lowest BCUT2D eigenvalue weighted by Crippen LogP contribution is -2.24. The zero-order chi connectivity index (χ0) is 17.5. The molecule has 3 rings (SSSR count). The molecule has 1 fully saturated rings. The summed E-state index contributed by atoms with van der Waals surface area (Å²) < 4.78 is 11.2. The maximum atomic E-state index is 5.83. The number of hydrogen-bond acceptors (Lipinski definition) is 6. The van der Waals surface area contributed by atoms with Gasteiger partial charge in [0.15, 0.2) is 0 Å². The first-order chi connectivity index (χ1) is 12.3. The van der Waals surface area contributed by atoms with Crippen molar-refractivity contribution < 1.29 is 9.47 Å². The lowest BCUT2D eigenvalue weighted by molar-refractivity contribution is 0.120. The van der Waals surface area contributed by atoms with Crippen molar-refractivity contribution in [3.63, 3.8) is 0 Å². The number of ether oxygens (including phenoxy) is 2. The van der Waals surface area contributed by atoms with Gasteiger partial charge in [-0.1, -0.05) is 18.2 Å². The molecule has 25 heavy (non-hydrogen) atoms. The van der Waals surface area contributed by atoms with E-state index in [4.69, 9.17) is 9.47 Å². The molecule has 6 heteroatoms. The Kier molecular flexibility index (Phi) is 6.33. The van der Waals surface area contributed by atoms with Crippen LogP contribution in [0.2, 0.25) is 0 Å². The number of methoxy groups -OCH3 is 1. The lowest BCUT2D eigenvalue weighted by atomic mass is 10.2. The molecule has 0 spiro atoms. The van der Waals surface area contributed by atoms with E-state index in [1.807, 2.05) is 37.4 Å². The van der Waals surface area contributed by atoms with Crippen molar-refractivity contribution in [2.45, 2.75) is 6.23 Å². The number of benzene rings is 1. The first kappa shape index (κ1) is 17.8. The van der Waals surface area contributed by atoms with Crippen molar-refractivity contribution in [1.82, 2.24) is 10.3 Å². The van der Waals surface area contributed by atoms with Crippen LogP contribution in [0.3, 0.4) is 0 Å². The molecule has 2 aromatic rings. The summed E-state index contributed by atoms with van der Waals surface area (Å²) in [5.74, 6) is 2.70. The average Bonchev–Trinajstić information content (AvgIpc) is 3.11. The van der Waals surface area contributed by atoms with E-state index in [0.29, 0.717) is 6.61 Å². The molecule has 2 heterocycles. The van der Waals surface area contributed by atoms with Gasteiger partial charge in [-0.05, 0) is 35.9 Å². The minimum atomic E-state index is 0.00283. The highest BCUT2D eigenvalue weighted by atomic mass is 32.2. The molecule has 0 bridgehead atoms. The highest BCUT2D eigenvalue weighted by molar-refractivity contribution is 8.03. The van der Waals surface area contributed by atoms with E-state index in [-0.39, 0.29) is 6.23 Å². The number of rotatable bonds is 7. The second-order valence-electron chi connectivity index (χ2n) is 5.68. The molecule has 0 aliphatic carbocycles. The first-order valence-corrected chi connectivity index (χ1v) is 9.20. The molecule has 0 amide bonds. The molecule has 1 aliphatic rings. The van der Waals surface area contributed by atoms with Gasteiger partial charge in [-0.2, -0.15) is 0 Å². The Hall–Kier alpha value is -2.02. The number of hydrogen-bond donors (Lipinski definition) is 1. The second kappa shape index (κ2) is 8.89. The van der Waals surface area contributed by atoms with Crippen LogP contribution in [0.4, 0.5) is 5.82 Å². The van der Waals surface area contributed by atoms with Crippen LogP contribution in [0.1, 0.15) is 5.56 Å². The summed E-state index contributed by atoms with van der Waals surface area (Å²) in [6.45, 7) is 1.39. The molecule has 1 aromatic heterocycles. The molecule has 1 unspecified atom stereocenters. The highest BCUT2D eigenvalue weighted by Crippen LogP contribution is 2.28. The highest BCUT2D eigenvalue weighted by Gasteiger charge is 2.19. The van der Waals surface area contributed by atoms with E-state index in [9.17, 15) is 0 Å². The summed E-state index contributed by atoms with van der Waals surface area (Å²) in [7, 11) is 3.73. The van der Waals surface area contributed by atoms with Crippen LogP contribution in [0.15, 0.2) is 53.6 Å². The molecular formula is C19H23N3O2S. The Bertz CT molecular complexity index is 692. The standard InChI is InChI=1S/C19H23N3O2S/c1-22(18-5-3-4-10-20-18)11-12-24-16-8-6-15(7-9-16)13-17-19(23-2)21-14-25-17/h3-10,13,19,21H,11-12,14H2,1-2H3/b17-13+. The van der Waals surface area contributed by atoms with Gasteiger partial charge in [0.1, 0.15) is 24.4 Å². The molecule has 132 valence electrons. The van der Waals surface area contributed by atoms with Crippen LogP contribution in [0.5, 0.6) is 5.75 Å². The lowest BCUT2D eigenvalue weighted by Gasteiger charge is -2.18. The normalized spacial score (nSPS) is 18.5. The number of likely N-dealkylation sites (N-methyl/N-ethyl adjacent to an activating group) is 1. The van der Waals surface area contributed by atoms with E-state index >= 15 is 0 Å². The Labute approximate surface area is 153 Å². The summed E-state index contributed by atoms with van der Waals surface area (Å²) in [6.07, 6.45) is 3.95. The molecular weight excluding hydrogens is 334 g/mol. The summed E-state index contributed by atoms with van der Waals surface area (Å²) >= 11 is 1.77. The summed E-state index contributed by atoms with van der Waals surface area (Å²) in [6, 6.07) is 14.0. The molecule has 5 nitrogen and oxygen atoms in total. The van der Waals surface area contributed by atoms with Gasteiger partial charge < -0.3 is 14.4 Å². The summed E-state index contributed by atoms with van der Waals surface area (Å²) in [4.78, 5) is 7.60. The molecule has 0 radical (unpaired) electrons. The van der Waals surface area contributed by atoms with E-state index in [2.05, 4.69) is 33.4 Å². The smallest absolute Gasteiger partial charge is 0.140 e. The van der Waals surface area contributed by atoms with Crippen LogP contribution in [-0.2, 0) is 4.74 Å². The minimum absolute atomic E-state index is 0.00283. The van der Waals surface area contributed by atoms with Crippen LogP contribution >= 0.6 is 11.8 Å². The van der Waals surface area contributed by atoms with Crippen molar-refractivity contribution in [1.29, 1.82) is 0 Å². The van der Waals surface area contributed by atoms with E-state index in [1.165, 1.54) is 4.91 Å². The molecule has 1 aliphatic heterocycles. The van der Waals surface area contributed by atoms with E-state index in [0.717, 1.165) is 29.6 Å². The topological polar surface area (TPSA) is 46.6 Å². The summed E-state index contributed by atoms with van der Waals surface area (Å²) in [5.41, 5.74) is 1.14. The first-order valence-electron chi connectivity index (χ1n) is 8.22. The zero-order valence-electron chi connectivity index (χ0n) is 14.5. The van der Waals surface area contributed by atoms with Crippen molar-refractivity contribution in [2.75, 3.05) is 38.1 Å². The Morgan fingerprint density at radius 1 is 1.28 bits per heavy atom. The SMILES string of the molecule is COC1NCS/C1=C/c1ccc(OCCN(C)c2ccccn2)cc1. The van der Waals surface area contributed by atoms with Crippen molar-refractivity contribution >= 4 is 23.7 Å². The van der Waals surface area contributed by atoms with Gasteiger partial charge in [-0.3, -0.25) is 5.32 Å². The third kappa shape index (κ3) is 4.98. The maximum Gasteiger partial charge on any atom is 0.140 e. The fourth-order valence-corrected chi connectivity index (χ4v) is 3.46. The average molecular weight is 357 g/mol. The van der Waals surface area contributed by atoms with Gasteiger partial charge in [-0.15, -0.1) is 11.8 Å². The largest absolute Gasteiger partial charge is 0.492 e. The molecule has 1 N–H and O–H groups in total. The maximum absolute atomic E-state index is 5.83. The van der Waals surface area contributed by atoms with Crippen LogP contribution < -0.4 is 15.0 Å². The van der Waals surface area contributed by atoms with Gasteiger partial charge in [-0.25, -0.2) is 4.98 Å². The van der Waals surface area contributed by atoms with Crippen molar-refractivity contribution in [3.05, 3.63) is 59.1 Å². The quantitative estimate of drug-likeness (QED) is 0.821. The summed E-state index contributed by atoms with van der Waals surface area (Å²) in [5, 5.41) is 3.28. The molecule has 1 atom stereocenters. The predicted molar refractivity (Wildman–Crippen MR) is 104 cm³/mol. The zero-order valence-corrected chi connectivity index (χ0v) is 15.3. The number of anilines is 1. The number of thioether (sulfide) groups is 1. The number of pyridine rings is 1. The van der Waals surface area contributed by atoms with Crippen LogP contribution in [0, 0.1) is 0 Å². The van der Waals surface area contributed by atoms with Crippen molar-refractivity contribution in [3.8, 4) is 5.75 Å². The number of aromatic nitrogens is 1. The number of nitrogens with zero attached hydrogens (tertiary/aromatic N) is 2. The minimum Gasteiger partial charge on any atom is -0.492 e. The third-order valence-electron chi connectivity index (χ3n) is 3.93. The Morgan fingerprint density at radius 2 is 2.12 bits per heavy atom. The van der Waals surface area contributed by atoms with Gasteiger partial charge in [0, 0.05) is 31.1 Å². The van der Waals surface area contributed by atoms with Gasteiger partial charge in [0.25, 0.3) is 0 Å². The van der Waals surface area contributed by atoms with E-state index < -0.39 is 0 Å². The fraction of sp³-hybridized carbons (Fsp3) is 0.316. The third-order valence-corrected chi connectivity index (χ3v) is 4.90. The van der Waals surface area contributed by atoms with Crippen molar-refractivity contribution in [2.24, 2.45) is 0 Å². The monoisotopic (exact) mass is 357 g/mol. The fourth-order valence-electron chi connectivity index (χ4n) is 2.51. The Balaban J connectivity index is 1.50.